The highest BCUT2D eigenvalue weighted by Crippen LogP contribution is 2.23. The van der Waals surface area contributed by atoms with Crippen LogP contribution < -0.4 is 10.2 Å². The quantitative estimate of drug-likeness (QED) is 0.642. The summed E-state index contributed by atoms with van der Waals surface area (Å²) < 4.78 is 5.51. The highest BCUT2D eigenvalue weighted by molar-refractivity contribution is 5.95. The molecule has 2 amide bonds. The maximum Gasteiger partial charge on any atom is 0.244 e. The SMILES string of the molecule is O=C(/C=C/c1ccc(N2CCCC2=O)cc1)NC(c1ccccc1)c1ccco1. The average Bonchev–Trinajstić information content (AvgIpc) is 3.43. The molecule has 1 unspecified atom stereocenters. The molecule has 3 aromatic rings. The first-order chi connectivity index (χ1) is 14.2. The van der Waals surface area contributed by atoms with E-state index in [9.17, 15) is 9.59 Å². The number of nitrogens with zero attached hydrogens (tertiary/aromatic N) is 1. The Kier molecular flexibility index (Phi) is 5.56. The zero-order chi connectivity index (χ0) is 20.1. The topological polar surface area (TPSA) is 62.6 Å². The third-order valence-corrected chi connectivity index (χ3v) is 4.95. The van der Waals surface area contributed by atoms with E-state index in [4.69, 9.17) is 4.42 Å². The van der Waals surface area contributed by atoms with Crippen molar-refractivity contribution < 1.29 is 14.0 Å². The Hall–Kier alpha value is -3.60. The molecule has 0 radical (unpaired) electrons. The van der Waals surface area contributed by atoms with Gasteiger partial charge in [-0.05, 0) is 47.9 Å². The second-order valence-corrected chi connectivity index (χ2v) is 6.94. The lowest BCUT2D eigenvalue weighted by molar-refractivity contribution is -0.117. The van der Waals surface area contributed by atoms with E-state index in [1.807, 2.05) is 60.7 Å². The lowest BCUT2D eigenvalue weighted by Crippen LogP contribution is -2.27. The van der Waals surface area contributed by atoms with Crippen molar-refractivity contribution in [3.63, 3.8) is 0 Å². The minimum Gasteiger partial charge on any atom is -0.467 e. The van der Waals surface area contributed by atoms with Crippen LogP contribution in [-0.4, -0.2) is 18.4 Å². The van der Waals surface area contributed by atoms with Gasteiger partial charge >= 0.3 is 0 Å². The second kappa shape index (κ2) is 8.61. The van der Waals surface area contributed by atoms with Crippen molar-refractivity contribution in [2.24, 2.45) is 0 Å². The monoisotopic (exact) mass is 386 g/mol. The van der Waals surface area contributed by atoms with Crippen molar-refractivity contribution in [1.82, 2.24) is 5.32 Å². The molecule has 1 aromatic heterocycles. The number of benzene rings is 2. The lowest BCUT2D eigenvalue weighted by atomic mass is 10.0. The molecule has 2 aromatic carbocycles. The first-order valence-electron chi connectivity index (χ1n) is 9.68. The van der Waals surface area contributed by atoms with Crippen LogP contribution in [0.15, 0.2) is 83.5 Å². The fourth-order valence-corrected chi connectivity index (χ4v) is 3.47. The van der Waals surface area contributed by atoms with E-state index >= 15 is 0 Å². The summed E-state index contributed by atoms with van der Waals surface area (Å²) in [6.07, 6.45) is 6.38. The Morgan fingerprint density at radius 3 is 2.48 bits per heavy atom. The highest BCUT2D eigenvalue weighted by atomic mass is 16.3. The number of furan rings is 1. The molecule has 5 nitrogen and oxygen atoms in total. The van der Waals surface area contributed by atoms with Crippen LogP contribution in [0.1, 0.15) is 35.8 Å². The van der Waals surface area contributed by atoms with E-state index < -0.39 is 0 Å². The first kappa shape index (κ1) is 18.7. The van der Waals surface area contributed by atoms with Gasteiger partial charge in [-0.15, -0.1) is 0 Å². The van der Waals surface area contributed by atoms with Gasteiger partial charge in [-0.3, -0.25) is 9.59 Å². The van der Waals surface area contributed by atoms with Crippen LogP contribution in [0.5, 0.6) is 0 Å². The third kappa shape index (κ3) is 4.46. The van der Waals surface area contributed by atoms with Gasteiger partial charge in [0.1, 0.15) is 11.8 Å². The summed E-state index contributed by atoms with van der Waals surface area (Å²) in [4.78, 5) is 26.2. The molecule has 1 fully saturated rings. The van der Waals surface area contributed by atoms with Crippen molar-refractivity contribution in [3.8, 4) is 0 Å². The molecule has 1 saturated heterocycles. The number of carbonyl (C=O) groups is 2. The van der Waals surface area contributed by atoms with Crippen LogP contribution in [0.4, 0.5) is 5.69 Å². The fourth-order valence-electron chi connectivity index (χ4n) is 3.47. The van der Waals surface area contributed by atoms with Crippen molar-refractivity contribution in [2.75, 3.05) is 11.4 Å². The van der Waals surface area contributed by atoms with Crippen LogP contribution >= 0.6 is 0 Å². The Bertz CT molecular complexity index is 992. The van der Waals surface area contributed by atoms with Gasteiger partial charge in [-0.1, -0.05) is 42.5 Å². The molecule has 146 valence electrons. The molecule has 1 aliphatic heterocycles. The summed E-state index contributed by atoms with van der Waals surface area (Å²) in [5, 5.41) is 3.00. The lowest BCUT2D eigenvalue weighted by Gasteiger charge is -2.16. The number of hydrogen-bond acceptors (Lipinski definition) is 3. The normalized spacial score (nSPS) is 15.0. The van der Waals surface area contributed by atoms with Gasteiger partial charge in [0, 0.05) is 24.7 Å². The third-order valence-electron chi connectivity index (χ3n) is 4.95. The molecular formula is C24H22N2O3. The van der Waals surface area contributed by atoms with Gasteiger partial charge < -0.3 is 14.6 Å². The van der Waals surface area contributed by atoms with Gasteiger partial charge in [0.25, 0.3) is 0 Å². The largest absolute Gasteiger partial charge is 0.467 e. The first-order valence-corrected chi connectivity index (χ1v) is 9.68. The summed E-state index contributed by atoms with van der Waals surface area (Å²) >= 11 is 0. The number of hydrogen-bond donors (Lipinski definition) is 1. The molecule has 29 heavy (non-hydrogen) atoms. The molecular weight excluding hydrogens is 364 g/mol. The molecule has 1 atom stereocenters. The highest BCUT2D eigenvalue weighted by Gasteiger charge is 2.21. The van der Waals surface area contributed by atoms with Crippen molar-refractivity contribution in [3.05, 3.63) is 96.0 Å². The van der Waals surface area contributed by atoms with Crippen molar-refractivity contribution in [2.45, 2.75) is 18.9 Å². The summed E-state index contributed by atoms with van der Waals surface area (Å²) in [7, 11) is 0. The Morgan fingerprint density at radius 1 is 1.03 bits per heavy atom. The smallest absolute Gasteiger partial charge is 0.244 e. The van der Waals surface area contributed by atoms with Gasteiger partial charge in [-0.25, -0.2) is 0 Å². The van der Waals surface area contributed by atoms with Gasteiger partial charge in [0.2, 0.25) is 11.8 Å². The van der Waals surface area contributed by atoms with E-state index in [-0.39, 0.29) is 17.9 Å². The Labute approximate surface area is 169 Å². The molecule has 1 N–H and O–H groups in total. The number of anilines is 1. The molecule has 4 rings (SSSR count). The van der Waals surface area contributed by atoms with E-state index in [1.165, 1.54) is 6.08 Å². The van der Waals surface area contributed by atoms with Crippen LogP contribution in [0.25, 0.3) is 6.08 Å². The molecule has 5 heteroatoms. The zero-order valence-electron chi connectivity index (χ0n) is 16.0. The molecule has 0 saturated carbocycles. The van der Waals surface area contributed by atoms with Crippen LogP contribution in [0.2, 0.25) is 0 Å². The van der Waals surface area contributed by atoms with Crippen LogP contribution in [0.3, 0.4) is 0 Å². The summed E-state index contributed by atoms with van der Waals surface area (Å²) in [6.45, 7) is 0.768. The maximum atomic E-state index is 12.5. The number of carbonyl (C=O) groups excluding carboxylic acids is 2. The van der Waals surface area contributed by atoms with E-state index in [2.05, 4.69) is 5.32 Å². The maximum absolute atomic E-state index is 12.5. The minimum atomic E-state index is -0.355. The predicted molar refractivity (Wildman–Crippen MR) is 112 cm³/mol. The van der Waals surface area contributed by atoms with E-state index in [1.54, 1.807) is 23.3 Å². The standard InChI is InChI=1S/C24H22N2O3/c27-22(25-24(21-8-5-17-29-21)19-6-2-1-3-7-19)15-12-18-10-13-20(14-11-18)26-16-4-9-23(26)28/h1-3,5-8,10-15,17,24H,4,9,16H2,(H,25,27)/b15-12+. The fraction of sp³-hybridized carbons (Fsp3) is 0.167. The van der Waals surface area contributed by atoms with Gasteiger partial charge in [0.05, 0.1) is 6.26 Å². The Morgan fingerprint density at radius 2 is 1.83 bits per heavy atom. The number of nitrogens with one attached hydrogen (secondary N) is 1. The number of rotatable bonds is 6. The molecule has 0 aliphatic carbocycles. The molecule has 2 heterocycles. The summed E-state index contributed by atoms with van der Waals surface area (Å²) in [5.74, 6) is 0.629. The predicted octanol–water partition coefficient (Wildman–Crippen LogP) is 4.33. The van der Waals surface area contributed by atoms with E-state index in [0.717, 1.165) is 29.8 Å². The van der Waals surface area contributed by atoms with Gasteiger partial charge in [0.15, 0.2) is 0 Å². The van der Waals surface area contributed by atoms with Gasteiger partial charge in [-0.2, -0.15) is 0 Å². The minimum absolute atomic E-state index is 0.164. The summed E-state index contributed by atoms with van der Waals surface area (Å²) in [6, 6.07) is 20.6. The zero-order valence-corrected chi connectivity index (χ0v) is 16.0. The Balaban J connectivity index is 1.44. The van der Waals surface area contributed by atoms with Crippen LogP contribution in [0, 0.1) is 0 Å². The van der Waals surface area contributed by atoms with Crippen molar-refractivity contribution in [1.29, 1.82) is 0 Å². The van der Waals surface area contributed by atoms with Crippen molar-refractivity contribution >= 4 is 23.6 Å². The molecule has 1 aliphatic rings. The van der Waals surface area contributed by atoms with Crippen LogP contribution in [-0.2, 0) is 9.59 Å². The molecule has 0 bridgehead atoms. The molecule has 0 spiro atoms. The second-order valence-electron chi connectivity index (χ2n) is 6.94. The number of amides is 2. The average molecular weight is 386 g/mol. The van der Waals surface area contributed by atoms with E-state index in [0.29, 0.717) is 12.2 Å². The summed E-state index contributed by atoms with van der Waals surface area (Å²) in [5.41, 5.74) is 2.74.